The van der Waals surface area contributed by atoms with Crippen LogP contribution in [-0.4, -0.2) is 44.9 Å². The van der Waals surface area contributed by atoms with E-state index in [0.29, 0.717) is 24.7 Å². The van der Waals surface area contributed by atoms with Gasteiger partial charge in [-0.2, -0.15) is 0 Å². The van der Waals surface area contributed by atoms with E-state index in [1.165, 1.54) is 0 Å². The van der Waals surface area contributed by atoms with E-state index in [4.69, 9.17) is 14.2 Å². The van der Waals surface area contributed by atoms with Gasteiger partial charge in [0.15, 0.2) is 11.5 Å². The number of amides is 2. The Morgan fingerprint density at radius 3 is 3.00 bits per heavy atom. The minimum Gasteiger partial charge on any atom is -0.454 e. The monoisotopic (exact) mass is 320 g/mol. The number of carbonyl (C=O) groups is 2. The van der Waals surface area contributed by atoms with Crippen LogP contribution in [0.5, 0.6) is 11.5 Å². The molecule has 7 heteroatoms. The van der Waals surface area contributed by atoms with Crippen molar-refractivity contribution in [2.75, 3.05) is 32.0 Å². The van der Waals surface area contributed by atoms with Gasteiger partial charge in [-0.15, -0.1) is 0 Å². The molecule has 0 saturated carbocycles. The summed E-state index contributed by atoms with van der Waals surface area (Å²) in [5, 5.41) is 2.87. The van der Waals surface area contributed by atoms with Crippen molar-refractivity contribution in [3.05, 3.63) is 18.2 Å². The topological polar surface area (TPSA) is 77.1 Å². The number of methoxy groups -OCH3 is 1. The number of benzene rings is 1. The first kappa shape index (κ1) is 15.6. The Kier molecular flexibility index (Phi) is 4.38. The van der Waals surface area contributed by atoms with Gasteiger partial charge in [0.2, 0.25) is 18.6 Å². The Morgan fingerprint density at radius 2 is 2.22 bits per heavy atom. The summed E-state index contributed by atoms with van der Waals surface area (Å²) in [6, 6.07) is 5.27. The fourth-order valence-corrected chi connectivity index (χ4v) is 2.84. The first-order valence-electron chi connectivity index (χ1n) is 7.58. The van der Waals surface area contributed by atoms with Gasteiger partial charge in [-0.3, -0.25) is 9.59 Å². The van der Waals surface area contributed by atoms with Crippen LogP contribution in [-0.2, 0) is 14.3 Å². The van der Waals surface area contributed by atoms with Gasteiger partial charge >= 0.3 is 0 Å². The molecule has 23 heavy (non-hydrogen) atoms. The van der Waals surface area contributed by atoms with E-state index in [2.05, 4.69) is 5.32 Å². The van der Waals surface area contributed by atoms with E-state index >= 15 is 0 Å². The maximum atomic E-state index is 12.3. The van der Waals surface area contributed by atoms with E-state index in [0.717, 1.165) is 5.69 Å². The summed E-state index contributed by atoms with van der Waals surface area (Å²) >= 11 is 0. The molecule has 2 aliphatic rings. The zero-order chi connectivity index (χ0) is 16.4. The van der Waals surface area contributed by atoms with Gasteiger partial charge in [-0.25, -0.2) is 0 Å². The van der Waals surface area contributed by atoms with Gasteiger partial charge < -0.3 is 24.4 Å². The molecule has 2 aliphatic heterocycles. The van der Waals surface area contributed by atoms with Crippen LogP contribution in [0, 0.1) is 5.92 Å². The van der Waals surface area contributed by atoms with Crippen LogP contribution in [0.15, 0.2) is 18.2 Å². The lowest BCUT2D eigenvalue weighted by Crippen LogP contribution is -2.40. The third kappa shape index (κ3) is 3.24. The number of ether oxygens (including phenoxy) is 3. The summed E-state index contributed by atoms with van der Waals surface area (Å²) in [7, 11) is 1.59. The number of fused-ring (bicyclic) bond motifs is 1. The predicted octanol–water partition coefficient (Wildman–Crippen LogP) is 0.919. The van der Waals surface area contributed by atoms with Gasteiger partial charge in [-0.05, 0) is 19.1 Å². The first-order chi connectivity index (χ1) is 11.1. The molecule has 0 radical (unpaired) electrons. The Hall–Kier alpha value is -2.28. The van der Waals surface area contributed by atoms with E-state index in [9.17, 15) is 9.59 Å². The molecular formula is C16H20N2O5. The summed E-state index contributed by atoms with van der Waals surface area (Å²) in [6.45, 7) is 2.87. The van der Waals surface area contributed by atoms with E-state index in [1.54, 1.807) is 30.2 Å². The van der Waals surface area contributed by atoms with Crippen molar-refractivity contribution in [2.24, 2.45) is 5.92 Å². The lowest BCUT2D eigenvalue weighted by atomic mass is 10.1. The highest BCUT2D eigenvalue weighted by Gasteiger charge is 2.36. The SMILES string of the molecule is COC[C@H](C)NC(=O)[C@H]1CC(=O)N(c2ccc3c(c2)OCO3)C1. The minimum absolute atomic E-state index is 0.0663. The lowest BCUT2D eigenvalue weighted by molar-refractivity contribution is -0.127. The van der Waals surface area contributed by atoms with Crippen molar-refractivity contribution in [2.45, 2.75) is 19.4 Å². The number of nitrogens with one attached hydrogen (secondary N) is 1. The molecule has 0 bridgehead atoms. The van der Waals surface area contributed by atoms with Crippen molar-refractivity contribution in [1.29, 1.82) is 0 Å². The van der Waals surface area contributed by atoms with Crippen LogP contribution in [0.4, 0.5) is 5.69 Å². The van der Waals surface area contributed by atoms with Crippen molar-refractivity contribution in [3.63, 3.8) is 0 Å². The molecule has 3 rings (SSSR count). The molecule has 0 unspecified atom stereocenters. The third-order valence-corrected chi connectivity index (χ3v) is 3.97. The largest absolute Gasteiger partial charge is 0.454 e. The van der Waals surface area contributed by atoms with Gasteiger partial charge in [-0.1, -0.05) is 0 Å². The minimum atomic E-state index is -0.354. The number of rotatable bonds is 5. The number of anilines is 1. The second-order valence-electron chi connectivity index (χ2n) is 5.81. The van der Waals surface area contributed by atoms with Crippen LogP contribution in [0.1, 0.15) is 13.3 Å². The zero-order valence-corrected chi connectivity index (χ0v) is 13.2. The highest BCUT2D eigenvalue weighted by Crippen LogP contribution is 2.37. The smallest absolute Gasteiger partial charge is 0.231 e. The Bertz CT molecular complexity index is 618. The second-order valence-corrected chi connectivity index (χ2v) is 5.81. The molecule has 1 fully saturated rings. The average molecular weight is 320 g/mol. The Morgan fingerprint density at radius 1 is 1.43 bits per heavy atom. The fourth-order valence-electron chi connectivity index (χ4n) is 2.84. The molecular weight excluding hydrogens is 300 g/mol. The Balaban J connectivity index is 1.66. The molecule has 0 aliphatic carbocycles. The van der Waals surface area contributed by atoms with Crippen LogP contribution >= 0.6 is 0 Å². The number of nitrogens with zero attached hydrogens (tertiary/aromatic N) is 1. The normalized spacial score (nSPS) is 20.7. The molecule has 1 N–H and O–H groups in total. The maximum Gasteiger partial charge on any atom is 0.231 e. The fraction of sp³-hybridized carbons (Fsp3) is 0.500. The van der Waals surface area contributed by atoms with Crippen LogP contribution in [0.25, 0.3) is 0 Å². The molecule has 2 atom stereocenters. The Labute approximate surface area is 134 Å². The van der Waals surface area contributed by atoms with Crippen molar-refractivity contribution in [3.8, 4) is 11.5 Å². The quantitative estimate of drug-likeness (QED) is 0.873. The molecule has 124 valence electrons. The standard InChI is InChI=1S/C16H20N2O5/c1-10(8-21-2)17-16(20)11-5-15(19)18(7-11)12-3-4-13-14(6-12)23-9-22-13/h3-4,6,10-11H,5,7-9H2,1-2H3,(H,17,20)/t10-,11-/m0/s1. The molecule has 0 spiro atoms. The summed E-state index contributed by atoms with van der Waals surface area (Å²) in [5.74, 6) is 0.752. The highest BCUT2D eigenvalue weighted by molar-refractivity contribution is 6.00. The lowest BCUT2D eigenvalue weighted by Gasteiger charge is -2.18. The van der Waals surface area contributed by atoms with E-state index < -0.39 is 0 Å². The molecule has 1 aromatic carbocycles. The molecule has 1 aromatic rings. The number of hydrogen-bond donors (Lipinski definition) is 1. The predicted molar refractivity (Wildman–Crippen MR) is 82.5 cm³/mol. The molecule has 7 nitrogen and oxygen atoms in total. The van der Waals surface area contributed by atoms with Crippen LogP contribution < -0.4 is 19.7 Å². The number of carbonyl (C=O) groups excluding carboxylic acids is 2. The molecule has 2 amide bonds. The maximum absolute atomic E-state index is 12.3. The third-order valence-electron chi connectivity index (χ3n) is 3.97. The van der Waals surface area contributed by atoms with Crippen molar-refractivity contribution in [1.82, 2.24) is 5.32 Å². The number of hydrogen-bond acceptors (Lipinski definition) is 5. The van der Waals surface area contributed by atoms with Gasteiger partial charge in [0.1, 0.15) is 0 Å². The average Bonchev–Trinajstić information content (AvgIpc) is 3.12. The highest BCUT2D eigenvalue weighted by atomic mass is 16.7. The van der Waals surface area contributed by atoms with Crippen molar-refractivity contribution < 1.29 is 23.8 Å². The van der Waals surface area contributed by atoms with E-state index in [-0.39, 0.29) is 37.0 Å². The first-order valence-corrected chi connectivity index (χ1v) is 7.58. The molecule has 2 heterocycles. The van der Waals surface area contributed by atoms with Crippen LogP contribution in [0.2, 0.25) is 0 Å². The summed E-state index contributed by atoms with van der Waals surface area (Å²) < 4.78 is 15.6. The summed E-state index contributed by atoms with van der Waals surface area (Å²) in [5.41, 5.74) is 0.722. The molecule has 1 saturated heterocycles. The van der Waals surface area contributed by atoms with Gasteiger partial charge in [0.25, 0.3) is 0 Å². The second kappa shape index (κ2) is 6.45. The van der Waals surface area contributed by atoms with Gasteiger partial charge in [0, 0.05) is 37.9 Å². The molecule has 0 aromatic heterocycles. The van der Waals surface area contributed by atoms with Crippen LogP contribution in [0.3, 0.4) is 0 Å². The van der Waals surface area contributed by atoms with Gasteiger partial charge in [0.05, 0.1) is 12.5 Å². The van der Waals surface area contributed by atoms with Crippen molar-refractivity contribution >= 4 is 17.5 Å². The summed E-state index contributed by atoms with van der Waals surface area (Å²) in [6.07, 6.45) is 0.208. The summed E-state index contributed by atoms with van der Waals surface area (Å²) in [4.78, 5) is 26.1. The van der Waals surface area contributed by atoms with E-state index in [1.807, 2.05) is 6.92 Å². The zero-order valence-electron chi connectivity index (χ0n) is 13.2.